The van der Waals surface area contributed by atoms with Gasteiger partial charge in [0.1, 0.15) is 17.3 Å². The number of aromatic nitrogens is 1. The molecule has 0 unspecified atom stereocenters. The number of rotatable bonds is 6. The van der Waals surface area contributed by atoms with Crippen LogP contribution in [0.25, 0.3) is 0 Å². The van der Waals surface area contributed by atoms with E-state index >= 15 is 0 Å². The Hall–Kier alpha value is -3.21. The van der Waals surface area contributed by atoms with Crippen LogP contribution in [0.4, 0.5) is 8.78 Å². The number of hydrogen-bond donors (Lipinski definition) is 0. The maximum Gasteiger partial charge on any atom is 0.188 e. The number of aryl methyl sites for hydroxylation is 1. The minimum absolute atomic E-state index is 0.0208. The van der Waals surface area contributed by atoms with E-state index in [1.54, 1.807) is 36.4 Å². The van der Waals surface area contributed by atoms with Crippen molar-refractivity contribution in [1.82, 2.24) is 4.98 Å². The Morgan fingerprint density at radius 3 is 2.33 bits per heavy atom. The van der Waals surface area contributed by atoms with Gasteiger partial charge in [-0.1, -0.05) is 24.3 Å². The van der Waals surface area contributed by atoms with Gasteiger partial charge >= 0.3 is 0 Å². The molecule has 0 aliphatic carbocycles. The molecule has 0 saturated carbocycles. The second-order valence-electron chi connectivity index (χ2n) is 6.32. The molecule has 0 amide bonds. The van der Waals surface area contributed by atoms with Gasteiger partial charge in [-0.2, -0.15) is 0 Å². The lowest BCUT2D eigenvalue weighted by atomic mass is 9.98. The lowest BCUT2D eigenvalue weighted by Crippen LogP contribution is -2.10. The van der Waals surface area contributed by atoms with E-state index in [1.807, 2.05) is 6.92 Å². The fourth-order valence-electron chi connectivity index (χ4n) is 2.79. The normalized spacial score (nSPS) is 10.6. The first-order valence-corrected chi connectivity index (χ1v) is 8.45. The summed E-state index contributed by atoms with van der Waals surface area (Å²) in [7, 11) is 0. The zero-order valence-corrected chi connectivity index (χ0v) is 14.7. The van der Waals surface area contributed by atoms with Crippen LogP contribution in [-0.4, -0.2) is 16.6 Å². The predicted octanol–water partition coefficient (Wildman–Crippen LogP) is 4.71. The number of Topliss-reactive ketones (excluding diaryl/α,β-unsaturated/α-hetero) is 2. The topological polar surface area (TPSA) is 47.0 Å². The van der Waals surface area contributed by atoms with Crippen molar-refractivity contribution in [2.45, 2.75) is 19.8 Å². The highest BCUT2D eigenvalue weighted by Crippen LogP contribution is 2.18. The molecule has 27 heavy (non-hydrogen) atoms. The molecular formula is C22H17F2NO2. The molecule has 0 spiro atoms. The van der Waals surface area contributed by atoms with Gasteiger partial charge in [0, 0.05) is 23.7 Å². The van der Waals surface area contributed by atoms with Crippen LogP contribution in [0.5, 0.6) is 0 Å². The SMILES string of the molecule is Cc1ccnc(C(=O)CC(=O)c2cccc(Cc3c(F)cccc3F)c2)c1. The van der Waals surface area contributed by atoms with Crippen molar-refractivity contribution in [3.05, 3.63) is 100 Å². The van der Waals surface area contributed by atoms with Crippen LogP contribution in [0, 0.1) is 18.6 Å². The van der Waals surface area contributed by atoms with Gasteiger partial charge < -0.3 is 0 Å². The van der Waals surface area contributed by atoms with Crippen LogP contribution >= 0.6 is 0 Å². The second-order valence-corrected chi connectivity index (χ2v) is 6.32. The quantitative estimate of drug-likeness (QED) is 0.469. The van der Waals surface area contributed by atoms with Gasteiger partial charge in [-0.15, -0.1) is 0 Å². The minimum atomic E-state index is -0.632. The van der Waals surface area contributed by atoms with Crippen molar-refractivity contribution in [2.75, 3.05) is 0 Å². The third kappa shape index (κ3) is 4.50. The summed E-state index contributed by atoms with van der Waals surface area (Å²) in [6.45, 7) is 1.84. The average molecular weight is 365 g/mol. The first-order valence-electron chi connectivity index (χ1n) is 8.45. The van der Waals surface area contributed by atoms with E-state index in [-0.39, 0.29) is 35.7 Å². The van der Waals surface area contributed by atoms with E-state index in [9.17, 15) is 18.4 Å². The van der Waals surface area contributed by atoms with Gasteiger partial charge in [-0.25, -0.2) is 8.78 Å². The molecule has 136 valence electrons. The van der Waals surface area contributed by atoms with E-state index in [2.05, 4.69) is 4.98 Å². The van der Waals surface area contributed by atoms with Crippen molar-refractivity contribution in [2.24, 2.45) is 0 Å². The van der Waals surface area contributed by atoms with E-state index in [1.165, 1.54) is 24.4 Å². The van der Waals surface area contributed by atoms with E-state index in [0.29, 0.717) is 11.1 Å². The number of carbonyl (C=O) groups is 2. The number of ketones is 2. The molecule has 0 bridgehead atoms. The van der Waals surface area contributed by atoms with Gasteiger partial charge in [-0.3, -0.25) is 14.6 Å². The number of hydrogen-bond acceptors (Lipinski definition) is 3. The van der Waals surface area contributed by atoms with E-state index < -0.39 is 11.6 Å². The number of halogens is 2. The van der Waals surface area contributed by atoms with Crippen LogP contribution in [0.2, 0.25) is 0 Å². The molecule has 1 aromatic heterocycles. The van der Waals surface area contributed by atoms with Crippen molar-refractivity contribution in [3.8, 4) is 0 Å². The Balaban J connectivity index is 1.77. The summed E-state index contributed by atoms with van der Waals surface area (Å²) in [5.74, 6) is -1.99. The summed E-state index contributed by atoms with van der Waals surface area (Å²) in [6, 6.07) is 13.6. The Bertz CT molecular complexity index is 994. The summed E-state index contributed by atoms with van der Waals surface area (Å²) in [5.41, 5.74) is 1.99. The molecule has 0 atom stereocenters. The molecule has 0 saturated heterocycles. The number of carbonyl (C=O) groups excluding carboxylic acids is 2. The predicted molar refractivity (Wildman–Crippen MR) is 97.9 cm³/mol. The zero-order valence-electron chi connectivity index (χ0n) is 14.7. The fourth-order valence-corrected chi connectivity index (χ4v) is 2.79. The van der Waals surface area contributed by atoms with Crippen LogP contribution in [0.3, 0.4) is 0 Å². The minimum Gasteiger partial charge on any atom is -0.294 e. The van der Waals surface area contributed by atoms with Gasteiger partial charge in [0.2, 0.25) is 0 Å². The molecule has 3 aromatic rings. The van der Waals surface area contributed by atoms with Crippen LogP contribution in [-0.2, 0) is 6.42 Å². The van der Waals surface area contributed by atoms with Crippen molar-refractivity contribution >= 4 is 11.6 Å². The van der Waals surface area contributed by atoms with Crippen LogP contribution in [0.15, 0.2) is 60.8 Å². The average Bonchev–Trinajstić information content (AvgIpc) is 2.65. The Kier molecular flexibility index (Phi) is 5.50. The molecule has 0 radical (unpaired) electrons. The summed E-state index contributed by atoms with van der Waals surface area (Å²) in [4.78, 5) is 28.7. The molecule has 0 N–H and O–H groups in total. The van der Waals surface area contributed by atoms with Gasteiger partial charge in [0.05, 0.1) is 6.42 Å². The summed E-state index contributed by atoms with van der Waals surface area (Å²) in [5, 5.41) is 0. The monoisotopic (exact) mass is 365 g/mol. The lowest BCUT2D eigenvalue weighted by Gasteiger charge is -2.07. The molecule has 2 aromatic carbocycles. The van der Waals surface area contributed by atoms with Crippen molar-refractivity contribution < 1.29 is 18.4 Å². The fraction of sp³-hybridized carbons (Fsp3) is 0.136. The van der Waals surface area contributed by atoms with Crippen LogP contribution < -0.4 is 0 Å². The largest absolute Gasteiger partial charge is 0.294 e. The lowest BCUT2D eigenvalue weighted by molar-refractivity contribution is 0.0891. The molecule has 3 nitrogen and oxygen atoms in total. The smallest absolute Gasteiger partial charge is 0.188 e. The highest BCUT2D eigenvalue weighted by Gasteiger charge is 2.16. The third-order valence-corrected chi connectivity index (χ3v) is 4.21. The highest BCUT2D eigenvalue weighted by atomic mass is 19.1. The number of pyridine rings is 1. The second kappa shape index (κ2) is 7.99. The Morgan fingerprint density at radius 1 is 0.926 bits per heavy atom. The van der Waals surface area contributed by atoms with Crippen molar-refractivity contribution in [3.63, 3.8) is 0 Å². The van der Waals surface area contributed by atoms with Gasteiger partial charge in [-0.05, 0) is 48.4 Å². The van der Waals surface area contributed by atoms with Gasteiger partial charge in [0.15, 0.2) is 11.6 Å². The van der Waals surface area contributed by atoms with Crippen molar-refractivity contribution in [1.29, 1.82) is 0 Å². The molecule has 0 aliphatic heterocycles. The summed E-state index contributed by atoms with van der Waals surface area (Å²) in [6.07, 6.45) is 1.23. The Labute approximate surface area is 155 Å². The molecule has 0 fully saturated rings. The molecular weight excluding hydrogens is 348 g/mol. The maximum absolute atomic E-state index is 13.8. The zero-order chi connectivity index (χ0) is 19.4. The summed E-state index contributed by atoms with van der Waals surface area (Å²) >= 11 is 0. The molecule has 0 aliphatic rings. The van der Waals surface area contributed by atoms with E-state index in [4.69, 9.17) is 0 Å². The third-order valence-electron chi connectivity index (χ3n) is 4.21. The molecule has 5 heteroatoms. The van der Waals surface area contributed by atoms with E-state index in [0.717, 1.165) is 5.56 Å². The standard InChI is InChI=1S/C22H17F2NO2/c1-14-8-9-25-20(10-14)22(27)13-21(26)16-5-2-4-15(11-16)12-17-18(23)6-3-7-19(17)24/h2-11H,12-13H2,1H3. The Morgan fingerprint density at radius 2 is 1.63 bits per heavy atom. The maximum atomic E-state index is 13.8. The van der Waals surface area contributed by atoms with Crippen LogP contribution in [0.1, 0.15) is 44.0 Å². The number of benzene rings is 2. The molecule has 1 heterocycles. The highest BCUT2D eigenvalue weighted by molar-refractivity contribution is 6.12. The molecule has 3 rings (SSSR count). The number of nitrogens with zero attached hydrogens (tertiary/aromatic N) is 1. The summed E-state index contributed by atoms with van der Waals surface area (Å²) < 4.78 is 27.7. The van der Waals surface area contributed by atoms with Gasteiger partial charge in [0.25, 0.3) is 0 Å². The first-order chi connectivity index (χ1) is 12.9. The first kappa shape index (κ1) is 18.6.